The van der Waals surface area contributed by atoms with Gasteiger partial charge >= 0.3 is 0 Å². The Morgan fingerprint density at radius 3 is 2.72 bits per heavy atom. The van der Waals surface area contributed by atoms with Crippen molar-refractivity contribution in [3.8, 4) is 0 Å². The van der Waals surface area contributed by atoms with Gasteiger partial charge in [-0.2, -0.15) is 0 Å². The van der Waals surface area contributed by atoms with Crippen LogP contribution in [0.1, 0.15) is 30.7 Å². The van der Waals surface area contributed by atoms with E-state index in [9.17, 15) is 5.11 Å². The Balaban J connectivity index is 1.95. The summed E-state index contributed by atoms with van der Waals surface area (Å²) in [5.41, 5.74) is 0.777. The number of hydrogen-bond acceptors (Lipinski definition) is 1. The van der Waals surface area contributed by atoms with E-state index >= 15 is 0 Å². The summed E-state index contributed by atoms with van der Waals surface area (Å²) in [6.07, 6.45) is 9.15. The summed E-state index contributed by atoms with van der Waals surface area (Å²) in [6.45, 7) is 3.80. The Kier molecular flexibility index (Phi) is 2.87. The molecule has 1 nitrogen and oxygen atoms in total. The Bertz CT molecular complexity index is 462. The predicted molar refractivity (Wildman–Crippen MR) is 74.3 cm³/mol. The zero-order valence-electron chi connectivity index (χ0n) is 10.6. The minimum atomic E-state index is -0.583. The molecule has 94 valence electrons. The van der Waals surface area contributed by atoms with Crippen molar-refractivity contribution in [1.82, 2.24) is 0 Å². The molecule has 4 rings (SSSR count). The van der Waals surface area contributed by atoms with Crippen molar-refractivity contribution in [3.63, 3.8) is 0 Å². The number of hydrogen-bond donors (Lipinski definition) is 1. The molecule has 0 aliphatic heterocycles. The van der Waals surface area contributed by atoms with Crippen molar-refractivity contribution in [2.24, 2.45) is 11.8 Å². The van der Waals surface area contributed by atoms with Crippen LogP contribution in [0.5, 0.6) is 0 Å². The van der Waals surface area contributed by atoms with Gasteiger partial charge in [0.1, 0.15) is 0 Å². The molecule has 2 bridgehead atoms. The molecule has 3 aliphatic carbocycles. The molecule has 0 spiro atoms. The van der Waals surface area contributed by atoms with E-state index in [4.69, 9.17) is 0 Å². The molecule has 0 radical (unpaired) electrons. The minimum absolute atomic E-state index is 0.239. The highest BCUT2D eigenvalue weighted by molar-refractivity contribution is 5.29. The van der Waals surface area contributed by atoms with E-state index in [1.807, 2.05) is 6.08 Å². The Morgan fingerprint density at radius 1 is 1.28 bits per heavy atom. The van der Waals surface area contributed by atoms with Crippen LogP contribution in [-0.4, -0.2) is 10.7 Å². The lowest BCUT2D eigenvalue weighted by Gasteiger charge is -2.49. The maximum Gasteiger partial charge on any atom is 0.0755 e. The van der Waals surface area contributed by atoms with Gasteiger partial charge in [-0.15, -0.1) is 6.58 Å². The van der Waals surface area contributed by atoms with Gasteiger partial charge in [-0.3, -0.25) is 0 Å². The van der Waals surface area contributed by atoms with E-state index in [-0.39, 0.29) is 5.92 Å². The zero-order valence-corrected chi connectivity index (χ0v) is 10.6. The number of benzene rings is 1. The van der Waals surface area contributed by atoms with Gasteiger partial charge in [0.15, 0.2) is 0 Å². The van der Waals surface area contributed by atoms with Crippen LogP contribution in [0.3, 0.4) is 0 Å². The van der Waals surface area contributed by atoms with Gasteiger partial charge < -0.3 is 5.11 Å². The molecule has 0 aromatic heterocycles. The van der Waals surface area contributed by atoms with Crippen LogP contribution in [0.25, 0.3) is 0 Å². The highest BCUT2D eigenvalue weighted by atomic mass is 16.3. The molecule has 0 amide bonds. The normalized spacial score (nSPS) is 37.7. The maximum absolute atomic E-state index is 10.9. The lowest BCUT2D eigenvalue weighted by Crippen LogP contribution is -2.48. The standard InChI is InChI=1S/C17H20O/c1-2-10-17(18)12-13-8-9-16(17)15(11-13)14-6-4-3-5-7-14/h2-9,13,15-16,18H,1,10-12H2/t13-,15-,16+,17+/m0/s1. The number of allylic oxidation sites excluding steroid dienone is 1. The van der Waals surface area contributed by atoms with Gasteiger partial charge in [0.05, 0.1) is 5.60 Å². The first-order valence-corrected chi connectivity index (χ1v) is 6.79. The van der Waals surface area contributed by atoms with Gasteiger partial charge in [-0.1, -0.05) is 48.6 Å². The molecular formula is C17H20O. The lowest BCUT2D eigenvalue weighted by atomic mass is 9.58. The van der Waals surface area contributed by atoms with E-state index in [1.54, 1.807) is 0 Å². The summed E-state index contributed by atoms with van der Waals surface area (Å²) in [7, 11) is 0. The Morgan fingerprint density at radius 2 is 2.06 bits per heavy atom. The third-order valence-electron chi connectivity index (χ3n) is 4.54. The topological polar surface area (TPSA) is 20.2 Å². The van der Waals surface area contributed by atoms with Gasteiger partial charge in [-0.05, 0) is 36.7 Å². The third kappa shape index (κ3) is 1.83. The van der Waals surface area contributed by atoms with Crippen molar-refractivity contribution in [3.05, 3.63) is 60.7 Å². The number of rotatable bonds is 3. The van der Waals surface area contributed by atoms with Crippen molar-refractivity contribution < 1.29 is 5.11 Å². The fourth-order valence-corrected chi connectivity index (χ4v) is 3.77. The van der Waals surface area contributed by atoms with Crippen molar-refractivity contribution in [2.75, 3.05) is 0 Å². The van der Waals surface area contributed by atoms with Crippen LogP contribution in [0, 0.1) is 11.8 Å². The molecule has 0 saturated heterocycles. The fourth-order valence-electron chi connectivity index (χ4n) is 3.77. The summed E-state index contributed by atoms with van der Waals surface area (Å²) in [6, 6.07) is 10.6. The highest BCUT2D eigenvalue weighted by Crippen LogP contribution is 2.52. The molecule has 4 atom stereocenters. The van der Waals surface area contributed by atoms with E-state index in [1.165, 1.54) is 12.0 Å². The summed E-state index contributed by atoms with van der Waals surface area (Å²) in [4.78, 5) is 0. The van der Waals surface area contributed by atoms with Gasteiger partial charge in [0.25, 0.3) is 0 Å². The number of fused-ring (bicyclic) bond motifs is 2. The smallest absolute Gasteiger partial charge is 0.0755 e. The monoisotopic (exact) mass is 240 g/mol. The molecule has 1 saturated carbocycles. The first-order chi connectivity index (χ1) is 8.73. The van der Waals surface area contributed by atoms with Crippen LogP contribution in [0.15, 0.2) is 55.1 Å². The number of aliphatic hydroxyl groups is 1. The van der Waals surface area contributed by atoms with E-state index in [2.05, 4.69) is 49.1 Å². The average Bonchev–Trinajstić information content (AvgIpc) is 2.40. The average molecular weight is 240 g/mol. The molecule has 1 N–H and O–H groups in total. The van der Waals surface area contributed by atoms with E-state index in [0.29, 0.717) is 18.3 Å². The third-order valence-corrected chi connectivity index (χ3v) is 4.54. The molecule has 18 heavy (non-hydrogen) atoms. The largest absolute Gasteiger partial charge is 0.389 e. The lowest BCUT2D eigenvalue weighted by molar-refractivity contribution is -0.0563. The Labute approximate surface area is 109 Å². The second-order valence-electron chi connectivity index (χ2n) is 5.72. The van der Waals surface area contributed by atoms with Crippen LogP contribution >= 0.6 is 0 Å². The van der Waals surface area contributed by atoms with Crippen LogP contribution in [-0.2, 0) is 0 Å². The highest BCUT2D eigenvalue weighted by Gasteiger charge is 2.48. The summed E-state index contributed by atoms with van der Waals surface area (Å²) >= 11 is 0. The first-order valence-electron chi connectivity index (χ1n) is 6.79. The van der Waals surface area contributed by atoms with Crippen molar-refractivity contribution in [2.45, 2.75) is 30.8 Å². The van der Waals surface area contributed by atoms with Crippen LogP contribution in [0.2, 0.25) is 0 Å². The fraction of sp³-hybridized carbons (Fsp3) is 0.412. The molecule has 0 heterocycles. The molecule has 1 heteroatoms. The predicted octanol–water partition coefficient (Wildman–Crippen LogP) is 3.67. The summed E-state index contributed by atoms with van der Waals surface area (Å²) in [5, 5.41) is 10.9. The molecule has 1 aromatic rings. The second kappa shape index (κ2) is 4.40. The van der Waals surface area contributed by atoms with Gasteiger partial charge in [0.2, 0.25) is 0 Å². The van der Waals surface area contributed by atoms with Gasteiger partial charge in [-0.25, -0.2) is 0 Å². The second-order valence-corrected chi connectivity index (χ2v) is 5.72. The summed E-state index contributed by atoms with van der Waals surface area (Å²) < 4.78 is 0. The Hall–Kier alpha value is -1.34. The molecule has 0 unspecified atom stereocenters. The van der Waals surface area contributed by atoms with Crippen LogP contribution < -0.4 is 0 Å². The van der Waals surface area contributed by atoms with Gasteiger partial charge in [0, 0.05) is 5.92 Å². The SMILES string of the molecule is C=CC[C@@]1(O)C[C@H]2C=C[C@@H]1[C@H](c1ccccc1)C2. The molecule has 1 aromatic carbocycles. The minimum Gasteiger partial charge on any atom is -0.389 e. The molecular weight excluding hydrogens is 220 g/mol. The summed E-state index contributed by atoms with van der Waals surface area (Å²) in [5.74, 6) is 1.22. The molecule has 1 fully saturated rings. The van der Waals surface area contributed by atoms with Crippen molar-refractivity contribution >= 4 is 0 Å². The van der Waals surface area contributed by atoms with Crippen LogP contribution in [0.4, 0.5) is 0 Å². The first kappa shape index (κ1) is 11.7. The van der Waals surface area contributed by atoms with Crippen molar-refractivity contribution in [1.29, 1.82) is 0 Å². The van der Waals surface area contributed by atoms with E-state index < -0.39 is 5.60 Å². The molecule has 3 aliphatic rings. The van der Waals surface area contributed by atoms with E-state index in [0.717, 1.165) is 6.42 Å². The quantitative estimate of drug-likeness (QED) is 0.799. The maximum atomic E-state index is 10.9. The zero-order chi connectivity index (χ0) is 12.6.